The van der Waals surface area contributed by atoms with Crippen LogP contribution in [-0.4, -0.2) is 19.3 Å². The summed E-state index contributed by atoms with van der Waals surface area (Å²) in [6.07, 6.45) is -0.0244. The maximum absolute atomic E-state index is 13.0. The number of hydrogen-bond acceptors (Lipinski definition) is 2. The predicted octanol–water partition coefficient (Wildman–Crippen LogP) is 2.01. The van der Waals surface area contributed by atoms with E-state index in [1.165, 1.54) is 6.07 Å². The molecule has 1 fully saturated rings. The number of hydrogen-bond donors (Lipinski definition) is 1. The van der Waals surface area contributed by atoms with Gasteiger partial charge < -0.3 is 10.1 Å². The summed E-state index contributed by atoms with van der Waals surface area (Å²) in [5.41, 5.74) is 0.723. The minimum Gasteiger partial charge on any atom is -0.375 e. The molecule has 0 aliphatic carbocycles. The van der Waals surface area contributed by atoms with Gasteiger partial charge in [0.05, 0.1) is 18.8 Å². The lowest BCUT2D eigenvalue weighted by Crippen LogP contribution is -2.40. The SMILES string of the molecule is CC1OCCNC1c1ccc(F)c(F)c1. The van der Waals surface area contributed by atoms with Crippen molar-refractivity contribution in [2.45, 2.75) is 19.1 Å². The summed E-state index contributed by atoms with van der Waals surface area (Å²) in [6, 6.07) is 3.89. The standard InChI is InChI=1S/C11H13F2NO/c1-7-11(14-4-5-15-7)8-2-3-9(12)10(13)6-8/h2-3,6-7,11,14H,4-5H2,1H3. The van der Waals surface area contributed by atoms with Gasteiger partial charge in [0.15, 0.2) is 11.6 Å². The van der Waals surface area contributed by atoms with Gasteiger partial charge in [-0.15, -0.1) is 0 Å². The molecule has 2 nitrogen and oxygen atoms in total. The zero-order chi connectivity index (χ0) is 10.8. The number of halogens is 2. The first-order valence-electron chi connectivity index (χ1n) is 4.98. The summed E-state index contributed by atoms with van der Waals surface area (Å²) >= 11 is 0. The van der Waals surface area contributed by atoms with E-state index in [0.29, 0.717) is 6.61 Å². The van der Waals surface area contributed by atoms with Crippen molar-refractivity contribution in [3.8, 4) is 0 Å². The first-order chi connectivity index (χ1) is 7.18. The van der Waals surface area contributed by atoms with Crippen molar-refractivity contribution >= 4 is 0 Å². The molecule has 1 aliphatic heterocycles. The molecule has 0 radical (unpaired) electrons. The van der Waals surface area contributed by atoms with Crippen molar-refractivity contribution in [3.05, 3.63) is 35.4 Å². The molecule has 2 unspecified atom stereocenters. The Morgan fingerprint density at radius 3 is 2.80 bits per heavy atom. The number of benzene rings is 1. The van der Waals surface area contributed by atoms with E-state index in [4.69, 9.17) is 4.74 Å². The molecule has 0 saturated carbocycles. The zero-order valence-corrected chi connectivity index (χ0v) is 8.47. The maximum atomic E-state index is 13.0. The van der Waals surface area contributed by atoms with Crippen LogP contribution in [-0.2, 0) is 4.74 Å². The van der Waals surface area contributed by atoms with Gasteiger partial charge in [-0.3, -0.25) is 0 Å². The van der Waals surface area contributed by atoms with E-state index in [2.05, 4.69) is 5.32 Å². The average molecular weight is 213 g/mol. The van der Waals surface area contributed by atoms with E-state index in [9.17, 15) is 8.78 Å². The molecule has 15 heavy (non-hydrogen) atoms. The quantitative estimate of drug-likeness (QED) is 0.770. The molecule has 1 saturated heterocycles. The highest BCUT2D eigenvalue weighted by atomic mass is 19.2. The van der Waals surface area contributed by atoms with E-state index in [1.807, 2.05) is 6.92 Å². The minimum absolute atomic E-state index is 0.0244. The van der Waals surface area contributed by atoms with Crippen LogP contribution in [0.5, 0.6) is 0 Å². The molecular formula is C11H13F2NO. The summed E-state index contributed by atoms with van der Waals surface area (Å²) in [5.74, 6) is -1.63. The van der Waals surface area contributed by atoms with Gasteiger partial charge in [-0.2, -0.15) is 0 Å². The molecule has 0 spiro atoms. The Balaban J connectivity index is 2.24. The van der Waals surface area contributed by atoms with Crippen molar-refractivity contribution in [3.63, 3.8) is 0 Å². The van der Waals surface area contributed by atoms with E-state index in [-0.39, 0.29) is 12.1 Å². The van der Waals surface area contributed by atoms with Crippen LogP contribution in [0.1, 0.15) is 18.5 Å². The third-order valence-corrected chi connectivity index (χ3v) is 2.62. The Kier molecular flexibility index (Phi) is 2.98. The Bertz CT molecular complexity index is 356. The molecule has 82 valence electrons. The van der Waals surface area contributed by atoms with Gasteiger partial charge >= 0.3 is 0 Å². The van der Waals surface area contributed by atoms with E-state index in [0.717, 1.165) is 18.2 Å². The molecule has 2 rings (SSSR count). The smallest absolute Gasteiger partial charge is 0.159 e. The lowest BCUT2D eigenvalue weighted by molar-refractivity contribution is 0.00746. The molecule has 1 aromatic rings. The van der Waals surface area contributed by atoms with Crippen molar-refractivity contribution in [1.29, 1.82) is 0 Å². The Hall–Kier alpha value is -1.00. The van der Waals surface area contributed by atoms with Crippen LogP contribution in [0.4, 0.5) is 8.78 Å². The van der Waals surface area contributed by atoms with Gasteiger partial charge in [0.1, 0.15) is 0 Å². The molecule has 0 amide bonds. The monoisotopic (exact) mass is 213 g/mol. The van der Waals surface area contributed by atoms with Crippen molar-refractivity contribution in [2.75, 3.05) is 13.2 Å². The Morgan fingerprint density at radius 1 is 1.33 bits per heavy atom. The van der Waals surface area contributed by atoms with E-state index >= 15 is 0 Å². The molecule has 1 aliphatic rings. The minimum atomic E-state index is -0.817. The number of rotatable bonds is 1. The van der Waals surface area contributed by atoms with Crippen LogP contribution in [0.25, 0.3) is 0 Å². The molecule has 0 bridgehead atoms. The Labute approximate surface area is 87.2 Å². The fourth-order valence-corrected chi connectivity index (χ4v) is 1.82. The second-order valence-corrected chi connectivity index (χ2v) is 3.68. The summed E-state index contributed by atoms with van der Waals surface area (Å²) < 4.78 is 31.2. The van der Waals surface area contributed by atoms with Crippen LogP contribution in [0.2, 0.25) is 0 Å². The highest BCUT2D eigenvalue weighted by molar-refractivity contribution is 5.22. The molecule has 1 heterocycles. The molecular weight excluding hydrogens is 200 g/mol. The number of morpholine rings is 1. The van der Waals surface area contributed by atoms with Crippen LogP contribution in [0, 0.1) is 11.6 Å². The van der Waals surface area contributed by atoms with Crippen molar-refractivity contribution in [1.82, 2.24) is 5.32 Å². The third kappa shape index (κ3) is 2.16. The molecule has 0 aromatic heterocycles. The van der Waals surface area contributed by atoms with Gasteiger partial charge in [0.2, 0.25) is 0 Å². The summed E-state index contributed by atoms with van der Waals surface area (Å²) in [5, 5.41) is 3.22. The van der Waals surface area contributed by atoms with Crippen molar-refractivity contribution in [2.24, 2.45) is 0 Å². The number of ether oxygens (including phenoxy) is 1. The molecule has 4 heteroatoms. The normalized spacial score (nSPS) is 26.6. The average Bonchev–Trinajstić information content (AvgIpc) is 2.23. The van der Waals surface area contributed by atoms with Crippen LogP contribution in [0.3, 0.4) is 0 Å². The first-order valence-corrected chi connectivity index (χ1v) is 4.98. The second-order valence-electron chi connectivity index (χ2n) is 3.68. The largest absolute Gasteiger partial charge is 0.375 e. The second kappa shape index (κ2) is 4.24. The Morgan fingerprint density at radius 2 is 2.13 bits per heavy atom. The zero-order valence-electron chi connectivity index (χ0n) is 8.47. The molecule has 1 aromatic carbocycles. The van der Waals surface area contributed by atoms with E-state index < -0.39 is 11.6 Å². The van der Waals surface area contributed by atoms with Gasteiger partial charge in [-0.1, -0.05) is 6.07 Å². The highest BCUT2D eigenvalue weighted by Gasteiger charge is 2.23. The fraction of sp³-hybridized carbons (Fsp3) is 0.455. The van der Waals surface area contributed by atoms with Crippen LogP contribution >= 0.6 is 0 Å². The summed E-state index contributed by atoms with van der Waals surface area (Å²) in [6.45, 7) is 3.30. The topological polar surface area (TPSA) is 21.3 Å². The van der Waals surface area contributed by atoms with Crippen LogP contribution in [0.15, 0.2) is 18.2 Å². The van der Waals surface area contributed by atoms with Gasteiger partial charge in [-0.25, -0.2) is 8.78 Å². The first kappa shape index (κ1) is 10.5. The van der Waals surface area contributed by atoms with Gasteiger partial charge in [0.25, 0.3) is 0 Å². The van der Waals surface area contributed by atoms with Gasteiger partial charge in [-0.05, 0) is 24.6 Å². The maximum Gasteiger partial charge on any atom is 0.159 e. The number of nitrogens with one attached hydrogen (secondary N) is 1. The lowest BCUT2D eigenvalue weighted by Gasteiger charge is -2.30. The fourth-order valence-electron chi connectivity index (χ4n) is 1.82. The predicted molar refractivity (Wildman–Crippen MR) is 52.5 cm³/mol. The van der Waals surface area contributed by atoms with Gasteiger partial charge in [0, 0.05) is 6.54 Å². The molecule has 1 N–H and O–H groups in total. The van der Waals surface area contributed by atoms with E-state index in [1.54, 1.807) is 6.07 Å². The van der Waals surface area contributed by atoms with Crippen LogP contribution < -0.4 is 5.32 Å². The lowest BCUT2D eigenvalue weighted by atomic mass is 10.0. The summed E-state index contributed by atoms with van der Waals surface area (Å²) in [7, 11) is 0. The third-order valence-electron chi connectivity index (χ3n) is 2.62. The highest BCUT2D eigenvalue weighted by Crippen LogP contribution is 2.23. The molecule has 2 atom stereocenters. The van der Waals surface area contributed by atoms with Crippen molar-refractivity contribution < 1.29 is 13.5 Å². The summed E-state index contributed by atoms with van der Waals surface area (Å²) in [4.78, 5) is 0.